The summed E-state index contributed by atoms with van der Waals surface area (Å²) in [6.07, 6.45) is 2.07. The van der Waals surface area contributed by atoms with Crippen molar-refractivity contribution in [3.63, 3.8) is 0 Å². The second-order valence-corrected chi connectivity index (χ2v) is 7.47. The Labute approximate surface area is 165 Å². The maximum atomic E-state index is 13.2. The molecule has 0 bridgehead atoms. The highest BCUT2D eigenvalue weighted by atomic mass is 16.5. The summed E-state index contributed by atoms with van der Waals surface area (Å²) in [5, 5.41) is 15.5. The lowest BCUT2D eigenvalue weighted by atomic mass is 10.1. The standard InChI is InChI=1S/C20H28N4O4/c1-22(2)10-11-23(14-16-9-6-12-28-16)19(25)17-13-18(20(26)27)24(21-17)15-7-4-3-5-8-15/h3-5,7-8,16,18H,6,9-14H2,1-2H3,(H,26,27). The quantitative estimate of drug-likeness (QED) is 0.722. The number of hydrazone groups is 1. The van der Waals surface area contributed by atoms with E-state index in [1.54, 1.807) is 17.0 Å². The summed E-state index contributed by atoms with van der Waals surface area (Å²) in [5.41, 5.74) is 0.949. The number of hydrogen-bond acceptors (Lipinski definition) is 6. The smallest absolute Gasteiger partial charge is 0.328 e. The molecule has 2 atom stereocenters. The van der Waals surface area contributed by atoms with Gasteiger partial charge < -0.3 is 19.6 Å². The Kier molecular flexibility index (Phi) is 6.64. The van der Waals surface area contributed by atoms with Gasteiger partial charge in [-0.2, -0.15) is 5.10 Å². The Balaban J connectivity index is 1.79. The molecule has 3 rings (SSSR count). The van der Waals surface area contributed by atoms with Crippen LogP contribution in [0.2, 0.25) is 0 Å². The first kappa shape index (κ1) is 20.3. The Morgan fingerprint density at radius 2 is 2.00 bits per heavy atom. The Hall–Kier alpha value is -2.45. The molecule has 2 unspecified atom stereocenters. The van der Waals surface area contributed by atoms with Crippen LogP contribution in [0.4, 0.5) is 5.69 Å². The Morgan fingerprint density at radius 1 is 1.25 bits per heavy atom. The first-order valence-corrected chi connectivity index (χ1v) is 9.66. The maximum Gasteiger partial charge on any atom is 0.328 e. The average Bonchev–Trinajstić information content (AvgIpc) is 3.35. The van der Waals surface area contributed by atoms with Gasteiger partial charge in [-0.05, 0) is 39.1 Å². The fourth-order valence-corrected chi connectivity index (χ4v) is 3.46. The second-order valence-electron chi connectivity index (χ2n) is 7.47. The molecular formula is C20H28N4O4. The van der Waals surface area contributed by atoms with Gasteiger partial charge in [0.25, 0.3) is 5.91 Å². The van der Waals surface area contributed by atoms with Crippen LogP contribution in [0.3, 0.4) is 0 Å². The highest BCUT2D eigenvalue weighted by Crippen LogP contribution is 2.25. The van der Waals surface area contributed by atoms with Gasteiger partial charge >= 0.3 is 5.97 Å². The number of carbonyl (C=O) groups is 2. The lowest BCUT2D eigenvalue weighted by Crippen LogP contribution is -2.44. The van der Waals surface area contributed by atoms with Crippen molar-refractivity contribution < 1.29 is 19.4 Å². The molecule has 1 aromatic rings. The Bertz CT molecular complexity index is 716. The molecule has 0 spiro atoms. The molecule has 1 amide bonds. The van der Waals surface area contributed by atoms with E-state index in [2.05, 4.69) is 5.10 Å². The molecule has 8 heteroatoms. The van der Waals surface area contributed by atoms with E-state index in [1.165, 1.54) is 5.01 Å². The molecule has 0 saturated carbocycles. The van der Waals surface area contributed by atoms with Gasteiger partial charge in [0, 0.05) is 32.7 Å². The van der Waals surface area contributed by atoms with E-state index in [-0.39, 0.29) is 24.1 Å². The summed E-state index contributed by atoms with van der Waals surface area (Å²) in [6, 6.07) is 8.22. The fourth-order valence-electron chi connectivity index (χ4n) is 3.46. The molecule has 8 nitrogen and oxygen atoms in total. The van der Waals surface area contributed by atoms with E-state index in [4.69, 9.17) is 4.74 Å². The van der Waals surface area contributed by atoms with Gasteiger partial charge in [-0.25, -0.2) is 4.79 Å². The largest absolute Gasteiger partial charge is 0.480 e. The molecule has 1 aromatic carbocycles. The number of benzene rings is 1. The van der Waals surface area contributed by atoms with Gasteiger partial charge in [-0.3, -0.25) is 9.80 Å². The highest BCUT2D eigenvalue weighted by molar-refractivity contribution is 6.40. The van der Waals surface area contributed by atoms with Crippen LogP contribution in [-0.4, -0.2) is 85.0 Å². The van der Waals surface area contributed by atoms with Crippen LogP contribution in [0.1, 0.15) is 19.3 Å². The number of rotatable bonds is 8. The summed E-state index contributed by atoms with van der Waals surface area (Å²) in [6.45, 7) is 2.50. The number of anilines is 1. The van der Waals surface area contributed by atoms with Crippen LogP contribution in [0.5, 0.6) is 0 Å². The second kappa shape index (κ2) is 9.16. The van der Waals surface area contributed by atoms with E-state index >= 15 is 0 Å². The highest BCUT2D eigenvalue weighted by Gasteiger charge is 2.38. The molecule has 152 valence electrons. The van der Waals surface area contributed by atoms with Gasteiger partial charge in [0.05, 0.1) is 11.8 Å². The van der Waals surface area contributed by atoms with Crippen molar-refractivity contribution in [1.82, 2.24) is 9.80 Å². The van der Waals surface area contributed by atoms with Crippen LogP contribution in [-0.2, 0) is 14.3 Å². The number of likely N-dealkylation sites (N-methyl/N-ethyl adjacent to an activating group) is 1. The molecule has 0 radical (unpaired) electrons. The van der Waals surface area contributed by atoms with Gasteiger partial charge in [-0.15, -0.1) is 0 Å². The molecular weight excluding hydrogens is 360 g/mol. The number of carboxylic acids is 1. The SMILES string of the molecule is CN(C)CCN(CC1CCCO1)C(=O)C1=NN(c2ccccc2)C(C(=O)O)C1. The lowest BCUT2D eigenvalue weighted by Gasteiger charge is -2.26. The number of nitrogens with zero attached hydrogens (tertiary/aromatic N) is 4. The topological polar surface area (TPSA) is 85.7 Å². The minimum absolute atomic E-state index is 0.0358. The first-order chi connectivity index (χ1) is 13.5. The van der Waals surface area contributed by atoms with E-state index < -0.39 is 12.0 Å². The average molecular weight is 388 g/mol. The summed E-state index contributed by atoms with van der Waals surface area (Å²) < 4.78 is 5.70. The Morgan fingerprint density at radius 3 is 2.61 bits per heavy atom. The molecule has 2 heterocycles. The van der Waals surface area contributed by atoms with Gasteiger partial charge in [0.15, 0.2) is 6.04 Å². The molecule has 0 aliphatic carbocycles. The van der Waals surface area contributed by atoms with Gasteiger partial charge in [0.1, 0.15) is 5.71 Å². The molecule has 2 aliphatic heterocycles. The minimum atomic E-state index is -0.991. The summed E-state index contributed by atoms with van der Waals surface area (Å²) >= 11 is 0. The number of carbonyl (C=O) groups excluding carboxylic acids is 1. The molecule has 1 fully saturated rings. The number of para-hydroxylation sites is 1. The minimum Gasteiger partial charge on any atom is -0.480 e. The zero-order valence-corrected chi connectivity index (χ0v) is 16.5. The van der Waals surface area contributed by atoms with Gasteiger partial charge in [0.2, 0.25) is 0 Å². The van der Waals surface area contributed by atoms with Crippen molar-refractivity contribution in [2.75, 3.05) is 45.3 Å². The van der Waals surface area contributed by atoms with Crippen molar-refractivity contribution in [2.24, 2.45) is 5.10 Å². The van der Waals surface area contributed by atoms with Crippen molar-refractivity contribution >= 4 is 23.3 Å². The number of carboxylic acid groups (broad SMARTS) is 1. The first-order valence-electron chi connectivity index (χ1n) is 9.66. The zero-order valence-electron chi connectivity index (χ0n) is 16.5. The summed E-state index contributed by atoms with van der Waals surface area (Å²) in [7, 11) is 3.92. The molecule has 2 aliphatic rings. The third-order valence-electron chi connectivity index (χ3n) is 5.02. The molecule has 1 N–H and O–H groups in total. The maximum absolute atomic E-state index is 13.2. The van der Waals surface area contributed by atoms with Crippen molar-refractivity contribution in [3.05, 3.63) is 30.3 Å². The third kappa shape index (κ3) is 4.88. The number of ether oxygens (including phenoxy) is 1. The van der Waals surface area contributed by atoms with Crippen molar-refractivity contribution in [2.45, 2.75) is 31.4 Å². The molecule has 1 saturated heterocycles. The predicted molar refractivity (Wildman–Crippen MR) is 107 cm³/mol. The fraction of sp³-hybridized carbons (Fsp3) is 0.550. The van der Waals surface area contributed by atoms with E-state index in [1.807, 2.05) is 37.2 Å². The third-order valence-corrected chi connectivity index (χ3v) is 5.02. The summed E-state index contributed by atoms with van der Waals surface area (Å²) in [4.78, 5) is 28.7. The van der Waals surface area contributed by atoms with Crippen LogP contribution < -0.4 is 5.01 Å². The normalized spacial score (nSPS) is 21.8. The lowest BCUT2D eigenvalue weighted by molar-refractivity contribution is -0.138. The number of amides is 1. The number of aliphatic carboxylic acids is 1. The van der Waals surface area contributed by atoms with Crippen LogP contribution in [0, 0.1) is 0 Å². The van der Waals surface area contributed by atoms with E-state index in [0.29, 0.717) is 18.8 Å². The predicted octanol–water partition coefficient (Wildman–Crippen LogP) is 1.28. The number of hydrogen-bond donors (Lipinski definition) is 1. The van der Waals surface area contributed by atoms with Crippen molar-refractivity contribution in [1.29, 1.82) is 0 Å². The van der Waals surface area contributed by atoms with E-state index in [0.717, 1.165) is 26.0 Å². The van der Waals surface area contributed by atoms with Crippen LogP contribution in [0.25, 0.3) is 0 Å². The van der Waals surface area contributed by atoms with Crippen molar-refractivity contribution in [3.8, 4) is 0 Å². The van der Waals surface area contributed by atoms with Crippen LogP contribution >= 0.6 is 0 Å². The van der Waals surface area contributed by atoms with Crippen LogP contribution in [0.15, 0.2) is 35.4 Å². The monoisotopic (exact) mass is 388 g/mol. The molecule has 28 heavy (non-hydrogen) atoms. The van der Waals surface area contributed by atoms with Gasteiger partial charge in [-0.1, -0.05) is 18.2 Å². The van der Waals surface area contributed by atoms with E-state index in [9.17, 15) is 14.7 Å². The zero-order chi connectivity index (χ0) is 20.1. The summed E-state index contributed by atoms with van der Waals surface area (Å²) in [5.74, 6) is -1.20. The molecule has 0 aromatic heterocycles.